The number of thioether (sulfide) groups is 1. The summed E-state index contributed by atoms with van der Waals surface area (Å²) in [4.78, 5) is 14.8. The molecule has 2 nitrogen and oxygen atoms in total. The number of benzene rings is 2. The van der Waals surface area contributed by atoms with Gasteiger partial charge < -0.3 is 0 Å². The molecule has 0 N–H and O–H groups in total. The van der Waals surface area contributed by atoms with Gasteiger partial charge in [0.25, 0.3) is 5.91 Å². The first-order chi connectivity index (χ1) is 11.0. The van der Waals surface area contributed by atoms with Gasteiger partial charge in [-0.15, -0.1) is 0 Å². The Labute approximate surface area is 150 Å². The second-order valence-electron chi connectivity index (χ2n) is 5.36. The van der Waals surface area contributed by atoms with E-state index in [9.17, 15) is 4.79 Å². The molecule has 0 radical (unpaired) electrons. The van der Waals surface area contributed by atoms with Crippen molar-refractivity contribution in [1.82, 2.24) is 0 Å². The molecule has 1 saturated heterocycles. The summed E-state index contributed by atoms with van der Waals surface area (Å²) < 4.78 is 0.522. The first-order valence-corrected chi connectivity index (χ1v) is 8.67. The number of thiocarbonyl (C=S) groups is 1. The summed E-state index contributed by atoms with van der Waals surface area (Å²) >= 11 is 12.9. The van der Waals surface area contributed by atoms with Gasteiger partial charge in [0.1, 0.15) is 0 Å². The maximum Gasteiger partial charge on any atom is 0.270 e. The van der Waals surface area contributed by atoms with Crippen molar-refractivity contribution >= 4 is 57.6 Å². The van der Waals surface area contributed by atoms with E-state index in [4.69, 9.17) is 23.8 Å². The van der Waals surface area contributed by atoms with Gasteiger partial charge in [-0.2, -0.15) is 0 Å². The van der Waals surface area contributed by atoms with Crippen LogP contribution >= 0.6 is 35.6 Å². The molecule has 0 unspecified atom stereocenters. The van der Waals surface area contributed by atoms with Crippen LogP contribution in [0.5, 0.6) is 0 Å². The Kier molecular flexibility index (Phi) is 4.57. The molecule has 1 fully saturated rings. The SMILES string of the molecule is Cc1ccc(/C=C2\SC(=S)N(c3ccc(C)c(Cl)c3)C2=O)cc1. The highest BCUT2D eigenvalue weighted by atomic mass is 35.5. The van der Waals surface area contributed by atoms with Gasteiger partial charge in [-0.25, -0.2) is 0 Å². The topological polar surface area (TPSA) is 20.3 Å². The largest absolute Gasteiger partial charge is 0.270 e. The highest BCUT2D eigenvalue weighted by Crippen LogP contribution is 2.37. The second-order valence-corrected chi connectivity index (χ2v) is 7.44. The molecule has 0 bridgehead atoms. The number of anilines is 1. The highest BCUT2D eigenvalue weighted by molar-refractivity contribution is 8.27. The van der Waals surface area contributed by atoms with Crippen molar-refractivity contribution < 1.29 is 4.79 Å². The molecule has 5 heteroatoms. The summed E-state index contributed by atoms with van der Waals surface area (Å²) in [7, 11) is 0. The van der Waals surface area contributed by atoms with Gasteiger partial charge in [0.2, 0.25) is 0 Å². The number of carbonyl (C=O) groups is 1. The molecule has 2 aromatic rings. The molecule has 1 heterocycles. The van der Waals surface area contributed by atoms with E-state index in [1.165, 1.54) is 22.2 Å². The quantitative estimate of drug-likeness (QED) is 0.531. The molecule has 3 rings (SSSR count). The Bertz CT molecular complexity index is 827. The maximum atomic E-state index is 12.7. The van der Waals surface area contributed by atoms with E-state index in [2.05, 4.69) is 0 Å². The maximum absolute atomic E-state index is 12.7. The Balaban J connectivity index is 1.93. The van der Waals surface area contributed by atoms with Crippen LogP contribution in [-0.4, -0.2) is 10.2 Å². The number of halogens is 1. The van der Waals surface area contributed by atoms with Crippen LogP contribution in [0.15, 0.2) is 47.4 Å². The Morgan fingerprint density at radius 1 is 1.13 bits per heavy atom. The number of carbonyl (C=O) groups excluding carboxylic acids is 1. The molecule has 2 aromatic carbocycles. The van der Waals surface area contributed by atoms with Crippen LogP contribution in [0.3, 0.4) is 0 Å². The third-order valence-electron chi connectivity index (χ3n) is 3.58. The van der Waals surface area contributed by atoms with Crippen molar-refractivity contribution in [1.29, 1.82) is 0 Å². The van der Waals surface area contributed by atoms with Crippen molar-refractivity contribution in [2.24, 2.45) is 0 Å². The molecule has 1 aliphatic heterocycles. The van der Waals surface area contributed by atoms with Crippen LogP contribution in [0.4, 0.5) is 5.69 Å². The summed E-state index contributed by atoms with van der Waals surface area (Å²) in [5, 5.41) is 0.624. The second kappa shape index (κ2) is 6.48. The zero-order chi connectivity index (χ0) is 16.6. The van der Waals surface area contributed by atoms with Crippen molar-refractivity contribution in [2.45, 2.75) is 13.8 Å². The van der Waals surface area contributed by atoms with Crippen molar-refractivity contribution in [2.75, 3.05) is 4.90 Å². The molecule has 0 atom stereocenters. The molecular weight excluding hydrogens is 346 g/mol. The standard InChI is InChI=1S/C18H14ClNOS2/c1-11-3-6-13(7-4-11)9-16-17(21)20(18(22)23-16)14-8-5-12(2)15(19)10-14/h3-10H,1-2H3/b16-9-. The van der Waals surface area contributed by atoms with Gasteiger partial charge in [0.05, 0.1) is 10.6 Å². The molecule has 23 heavy (non-hydrogen) atoms. The third kappa shape index (κ3) is 3.34. The Hall–Kier alpha value is -1.62. The summed E-state index contributed by atoms with van der Waals surface area (Å²) in [6, 6.07) is 13.5. The van der Waals surface area contributed by atoms with Gasteiger partial charge in [-0.1, -0.05) is 71.5 Å². The average Bonchev–Trinajstić information content (AvgIpc) is 2.79. The van der Waals surface area contributed by atoms with Crippen molar-refractivity contribution in [3.8, 4) is 0 Å². The van der Waals surface area contributed by atoms with E-state index >= 15 is 0 Å². The van der Waals surface area contributed by atoms with E-state index < -0.39 is 0 Å². The van der Waals surface area contributed by atoms with E-state index in [0.29, 0.717) is 19.9 Å². The summed E-state index contributed by atoms with van der Waals surface area (Å²) in [5.74, 6) is -0.111. The molecule has 0 saturated carbocycles. The predicted molar refractivity (Wildman–Crippen MR) is 103 cm³/mol. The van der Waals surface area contributed by atoms with E-state index in [1.54, 1.807) is 6.07 Å². The summed E-state index contributed by atoms with van der Waals surface area (Å²) in [6.45, 7) is 3.96. The number of aryl methyl sites for hydroxylation is 2. The molecular formula is C18H14ClNOS2. The molecule has 0 aliphatic carbocycles. The highest BCUT2D eigenvalue weighted by Gasteiger charge is 2.33. The molecule has 0 spiro atoms. The lowest BCUT2D eigenvalue weighted by atomic mass is 10.1. The summed E-state index contributed by atoms with van der Waals surface area (Å²) in [6.07, 6.45) is 1.87. The normalized spacial score (nSPS) is 16.5. The van der Waals surface area contributed by atoms with Crippen LogP contribution in [0.1, 0.15) is 16.7 Å². The van der Waals surface area contributed by atoms with Crippen LogP contribution in [-0.2, 0) is 4.79 Å². The van der Waals surface area contributed by atoms with Crippen LogP contribution in [0.2, 0.25) is 5.02 Å². The lowest BCUT2D eigenvalue weighted by Crippen LogP contribution is -2.27. The van der Waals surface area contributed by atoms with Gasteiger partial charge in [0.15, 0.2) is 4.32 Å². The molecule has 116 valence electrons. The fourth-order valence-corrected chi connectivity index (χ4v) is 3.70. The summed E-state index contributed by atoms with van der Waals surface area (Å²) in [5.41, 5.74) is 3.84. The molecule has 0 aromatic heterocycles. The minimum atomic E-state index is -0.111. The average molecular weight is 360 g/mol. The van der Waals surface area contributed by atoms with Crippen molar-refractivity contribution in [3.63, 3.8) is 0 Å². The first-order valence-electron chi connectivity index (χ1n) is 7.06. The van der Waals surface area contributed by atoms with E-state index in [-0.39, 0.29) is 5.91 Å². The zero-order valence-electron chi connectivity index (χ0n) is 12.7. The number of rotatable bonds is 2. The molecule has 1 amide bonds. The first kappa shape index (κ1) is 16.2. The Morgan fingerprint density at radius 3 is 2.48 bits per heavy atom. The van der Waals surface area contributed by atoms with Crippen LogP contribution in [0.25, 0.3) is 6.08 Å². The van der Waals surface area contributed by atoms with Crippen LogP contribution < -0.4 is 4.90 Å². The fraction of sp³-hybridized carbons (Fsp3) is 0.111. The van der Waals surface area contributed by atoms with E-state index in [1.807, 2.05) is 56.3 Å². The van der Waals surface area contributed by atoms with Gasteiger partial charge in [0, 0.05) is 5.02 Å². The minimum Gasteiger partial charge on any atom is -0.268 e. The Morgan fingerprint density at radius 2 is 1.83 bits per heavy atom. The third-order valence-corrected chi connectivity index (χ3v) is 5.29. The predicted octanol–water partition coefficient (Wildman–Crippen LogP) is 5.36. The smallest absolute Gasteiger partial charge is 0.268 e. The van der Waals surface area contributed by atoms with Gasteiger partial charge in [-0.3, -0.25) is 9.69 Å². The number of hydrogen-bond acceptors (Lipinski definition) is 3. The minimum absolute atomic E-state index is 0.111. The number of amides is 1. The fourth-order valence-electron chi connectivity index (χ4n) is 2.23. The van der Waals surface area contributed by atoms with Gasteiger partial charge in [-0.05, 0) is 43.2 Å². The van der Waals surface area contributed by atoms with Crippen molar-refractivity contribution in [3.05, 3.63) is 69.1 Å². The van der Waals surface area contributed by atoms with Gasteiger partial charge >= 0.3 is 0 Å². The zero-order valence-corrected chi connectivity index (χ0v) is 15.1. The lowest BCUT2D eigenvalue weighted by Gasteiger charge is -2.15. The number of hydrogen-bond donors (Lipinski definition) is 0. The number of nitrogens with zero attached hydrogens (tertiary/aromatic N) is 1. The lowest BCUT2D eigenvalue weighted by molar-refractivity contribution is -0.113. The van der Waals surface area contributed by atoms with E-state index in [0.717, 1.165) is 11.1 Å². The van der Waals surface area contributed by atoms with Crippen LogP contribution in [0, 0.1) is 13.8 Å². The molecule has 1 aliphatic rings. The monoisotopic (exact) mass is 359 g/mol.